The van der Waals surface area contributed by atoms with Gasteiger partial charge in [-0.15, -0.1) is 0 Å². The van der Waals surface area contributed by atoms with E-state index in [4.69, 9.17) is 0 Å². The Bertz CT molecular complexity index is 616. The highest BCUT2D eigenvalue weighted by Gasteiger charge is 2.20. The highest BCUT2D eigenvalue weighted by Crippen LogP contribution is 2.27. The van der Waals surface area contributed by atoms with Crippen LogP contribution in [0.3, 0.4) is 0 Å². The number of hydrogen-bond donors (Lipinski definition) is 0. The maximum atomic E-state index is 12.4. The quantitative estimate of drug-likeness (QED) is 0.789. The van der Waals surface area contributed by atoms with Crippen LogP contribution in [0.15, 0.2) is 48.5 Å². The van der Waals surface area contributed by atoms with Crippen molar-refractivity contribution in [3.8, 4) is 0 Å². The van der Waals surface area contributed by atoms with Gasteiger partial charge < -0.3 is 4.90 Å². The molecule has 1 aliphatic heterocycles. The third-order valence-electron chi connectivity index (χ3n) is 4.00. The summed E-state index contributed by atoms with van der Waals surface area (Å²) in [5, 5.41) is 0. The predicted molar refractivity (Wildman–Crippen MR) is 82.5 cm³/mol. The van der Waals surface area contributed by atoms with Gasteiger partial charge >= 0.3 is 0 Å². The molecule has 102 valence electrons. The molecule has 0 spiro atoms. The van der Waals surface area contributed by atoms with Gasteiger partial charge in [-0.2, -0.15) is 0 Å². The Labute approximate surface area is 120 Å². The van der Waals surface area contributed by atoms with Gasteiger partial charge in [0, 0.05) is 17.8 Å². The van der Waals surface area contributed by atoms with Crippen molar-refractivity contribution in [2.75, 3.05) is 18.0 Å². The summed E-state index contributed by atoms with van der Waals surface area (Å²) < 4.78 is 0. The molecule has 0 aliphatic carbocycles. The van der Waals surface area contributed by atoms with Crippen LogP contribution < -0.4 is 4.90 Å². The molecule has 3 rings (SSSR count). The maximum absolute atomic E-state index is 12.4. The highest BCUT2D eigenvalue weighted by atomic mass is 16.1. The number of carbonyl (C=O) groups is 1. The van der Waals surface area contributed by atoms with Crippen molar-refractivity contribution in [1.82, 2.24) is 0 Å². The van der Waals surface area contributed by atoms with Gasteiger partial charge in [0.25, 0.3) is 0 Å². The second-order valence-electron chi connectivity index (χ2n) is 5.27. The minimum Gasteiger partial charge on any atom is -0.363 e. The fourth-order valence-corrected chi connectivity index (χ4v) is 2.76. The molecule has 0 bridgehead atoms. The first-order valence-corrected chi connectivity index (χ1v) is 7.23. The van der Waals surface area contributed by atoms with Gasteiger partial charge in [0.1, 0.15) is 0 Å². The standard InChI is InChI=1S/C18H19NO/c1-2-14-7-9-16(10-8-14)18(20)13-19-12-11-15-5-3-4-6-17(15)19/h3-10H,2,11-13H2,1H3. The number of carbonyl (C=O) groups excluding carboxylic acids is 1. The fraction of sp³-hybridized carbons (Fsp3) is 0.278. The third-order valence-corrected chi connectivity index (χ3v) is 4.00. The number of Topliss-reactive ketones (excluding diaryl/α,β-unsaturated/α-hetero) is 1. The molecule has 1 heterocycles. The topological polar surface area (TPSA) is 20.3 Å². The maximum Gasteiger partial charge on any atom is 0.182 e. The average molecular weight is 265 g/mol. The first-order valence-electron chi connectivity index (χ1n) is 7.23. The molecule has 0 unspecified atom stereocenters. The van der Waals surface area contributed by atoms with E-state index < -0.39 is 0 Å². The SMILES string of the molecule is CCc1ccc(C(=O)CN2CCc3ccccc32)cc1. The zero-order valence-electron chi connectivity index (χ0n) is 11.8. The smallest absolute Gasteiger partial charge is 0.182 e. The van der Waals surface area contributed by atoms with Crippen molar-refractivity contribution in [3.05, 3.63) is 65.2 Å². The second kappa shape index (κ2) is 5.49. The lowest BCUT2D eigenvalue weighted by Gasteiger charge is -2.18. The second-order valence-corrected chi connectivity index (χ2v) is 5.27. The van der Waals surface area contributed by atoms with E-state index in [1.165, 1.54) is 16.8 Å². The Kier molecular flexibility index (Phi) is 3.55. The minimum atomic E-state index is 0.198. The van der Waals surface area contributed by atoms with E-state index in [2.05, 4.69) is 30.0 Å². The summed E-state index contributed by atoms with van der Waals surface area (Å²) in [5.41, 5.74) is 4.65. The molecular formula is C18H19NO. The molecule has 1 aliphatic rings. The number of fused-ring (bicyclic) bond motifs is 1. The number of anilines is 1. The molecule has 0 saturated carbocycles. The van der Waals surface area contributed by atoms with Crippen molar-refractivity contribution >= 4 is 11.5 Å². The van der Waals surface area contributed by atoms with Crippen LogP contribution in [0.2, 0.25) is 0 Å². The molecule has 2 nitrogen and oxygen atoms in total. The van der Waals surface area contributed by atoms with Crippen LogP contribution >= 0.6 is 0 Å². The zero-order valence-corrected chi connectivity index (χ0v) is 11.8. The molecule has 2 aromatic rings. The van der Waals surface area contributed by atoms with Gasteiger partial charge in [0.05, 0.1) is 6.54 Å². The Morgan fingerprint density at radius 1 is 1.10 bits per heavy atom. The van der Waals surface area contributed by atoms with E-state index in [0.717, 1.165) is 24.9 Å². The molecule has 0 amide bonds. The van der Waals surface area contributed by atoms with Gasteiger partial charge in [-0.25, -0.2) is 0 Å². The normalized spacial score (nSPS) is 13.3. The average Bonchev–Trinajstić information content (AvgIpc) is 2.91. The lowest BCUT2D eigenvalue weighted by atomic mass is 10.1. The lowest BCUT2D eigenvalue weighted by Crippen LogP contribution is -2.27. The molecular weight excluding hydrogens is 246 g/mol. The molecule has 2 heteroatoms. The van der Waals surface area contributed by atoms with Crippen LogP contribution in [0.4, 0.5) is 5.69 Å². The monoisotopic (exact) mass is 265 g/mol. The van der Waals surface area contributed by atoms with Gasteiger partial charge in [-0.3, -0.25) is 4.79 Å². The molecule has 0 atom stereocenters. The van der Waals surface area contributed by atoms with E-state index in [1.807, 2.05) is 30.3 Å². The molecule has 0 N–H and O–H groups in total. The molecule has 0 fully saturated rings. The van der Waals surface area contributed by atoms with Crippen molar-refractivity contribution in [1.29, 1.82) is 0 Å². The van der Waals surface area contributed by atoms with Crippen molar-refractivity contribution in [3.63, 3.8) is 0 Å². The van der Waals surface area contributed by atoms with Crippen LogP contribution in [0, 0.1) is 0 Å². The Balaban J connectivity index is 1.73. The van der Waals surface area contributed by atoms with E-state index in [0.29, 0.717) is 6.54 Å². The third kappa shape index (κ3) is 2.46. The van der Waals surface area contributed by atoms with E-state index in [1.54, 1.807) is 0 Å². The van der Waals surface area contributed by atoms with Crippen molar-refractivity contribution in [2.45, 2.75) is 19.8 Å². The van der Waals surface area contributed by atoms with Gasteiger partial charge in [0.15, 0.2) is 5.78 Å². The number of hydrogen-bond acceptors (Lipinski definition) is 2. The summed E-state index contributed by atoms with van der Waals surface area (Å²) in [6, 6.07) is 16.3. The lowest BCUT2D eigenvalue weighted by molar-refractivity contribution is 0.0999. The summed E-state index contributed by atoms with van der Waals surface area (Å²) in [5.74, 6) is 0.198. The number of benzene rings is 2. The number of ketones is 1. The largest absolute Gasteiger partial charge is 0.363 e. The summed E-state index contributed by atoms with van der Waals surface area (Å²) in [6.45, 7) is 3.54. The van der Waals surface area contributed by atoms with Gasteiger partial charge in [-0.05, 0) is 30.0 Å². The number of aryl methyl sites for hydroxylation is 1. The van der Waals surface area contributed by atoms with Gasteiger partial charge in [0.2, 0.25) is 0 Å². The summed E-state index contributed by atoms with van der Waals surface area (Å²) in [6.07, 6.45) is 2.05. The van der Waals surface area contributed by atoms with Gasteiger partial charge in [-0.1, -0.05) is 49.4 Å². The first kappa shape index (κ1) is 12.9. The molecule has 20 heavy (non-hydrogen) atoms. The zero-order chi connectivity index (χ0) is 13.9. The molecule has 0 radical (unpaired) electrons. The van der Waals surface area contributed by atoms with E-state index in [9.17, 15) is 4.79 Å². The highest BCUT2D eigenvalue weighted by molar-refractivity contribution is 5.99. The molecule has 0 saturated heterocycles. The van der Waals surface area contributed by atoms with Crippen molar-refractivity contribution in [2.24, 2.45) is 0 Å². The summed E-state index contributed by atoms with van der Waals surface area (Å²) in [4.78, 5) is 14.6. The summed E-state index contributed by atoms with van der Waals surface area (Å²) >= 11 is 0. The van der Waals surface area contributed by atoms with Crippen LogP contribution in [0.5, 0.6) is 0 Å². The number of para-hydroxylation sites is 1. The fourth-order valence-electron chi connectivity index (χ4n) is 2.76. The Morgan fingerprint density at radius 2 is 1.85 bits per heavy atom. The number of nitrogens with zero attached hydrogens (tertiary/aromatic N) is 1. The van der Waals surface area contributed by atoms with Crippen molar-refractivity contribution < 1.29 is 4.79 Å². The first-order chi connectivity index (χ1) is 9.78. The molecule has 0 aromatic heterocycles. The Morgan fingerprint density at radius 3 is 2.60 bits per heavy atom. The van der Waals surface area contributed by atoms with Crippen LogP contribution in [-0.2, 0) is 12.8 Å². The minimum absolute atomic E-state index is 0.198. The van der Waals surface area contributed by atoms with Crippen LogP contribution in [-0.4, -0.2) is 18.9 Å². The predicted octanol–water partition coefficient (Wildman–Crippen LogP) is 3.49. The summed E-state index contributed by atoms with van der Waals surface area (Å²) in [7, 11) is 0. The Hall–Kier alpha value is -2.09. The van der Waals surface area contributed by atoms with Crippen LogP contribution in [0.25, 0.3) is 0 Å². The number of rotatable bonds is 4. The van der Waals surface area contributed by atoms with E-state index >= 15 is 0 Å². The van der Waals surface area contributed by atoms with E-state index in [-0.39, 0.29) is 5.78 Å². The molecule has 2 aromatic carbocycles. The van der Waals surface area contributed by atoms with Crippen LogP contribution in [0.1, 0.15) is 28.4 Å².